The summed E-state index contributed by atoms with van der Waals surface area (Å²) < 4.78 is 26.7. The summed E-state index contributed by atoms with van der Waals surface area (Å²) in [4.78, 5) is 16.0. The molecule has 2 aromatic heterocycles. The Hall–Kier alpha value is -2.40. The lowest BCUT2D eigenvalue weighted by atomic mass is 10.2. The zero-order valence-electron chi connectivity index (χ0n) is 13.1. The van der Waals surface area contributed by atoms with Gasteiger partial charge in [-0.2, -0.15) is 0 Å². The molecule has 0 radical (unpaired) electrons. The number of pyridine rings is 1. The van der Waals surface area contributed by atoms with E-state index in [0.717, 1.165) is 11.3 Å². The van der Waals surface area contributed by atoms with Gasteiger partial charge in [0.15, 0.2) is 0 Å². The molecule has 0 saturated heterocycles. The SMILES string of the molecule is O=C(Nc1nnc(S(=O)(=O)NCc2cccnc2)s1)c1ccc(Cl)cc1. The highest BCUT2D eigenvalue weighted by Gasteiger charge is 2.21. The molecule has 0 spiro atoms. The molecule has 0 aliphatic rings. The summed E-state index contributed by atoms with van der Waals surface area (Å²) in [6, 6.07) is 9.70. The van der Waals surface area contributed by atoms with Crippen molar-refractivity contribution in [3.63, 3.8) is 0 Å². The van der Waals surface area contributed by atoms with E-state index in [0.29, 0.717) is 16.1 Å². The first-order valence-electron chi connectivity index (χ1n) is 7.23. The Morgan fingerprint density at radius 3 is 2.62 bits per heavy atom. The molecule has 11 heteroatoms. The maximum absolute atomic E-state index is 12.3. The van der Waals surface area contributed by atoms with E-state index in [1.807, 2.05) is 0 Å². The molecule has 3 rings (SSSR count). The Bertz CT molecular complexity index is 1010. The highest BCUT2D eigenvalue weighted by molar-refractivity contribution is 7.91. The lowest BCUT2D eigenvalue weighted by Crippen LogP contribution is -2.23. The van der Waals surface area contributed by atoms with Crippen LogP contribution in [0.2, 0.25) is 5.02 Å². The van der Waals surface area contributed by atoms with Crippen LogP contribution in [0.3, 0.4) is 0 Å². The van der Waals surface area contributed by atoms with Crippen molar-refractivity contribution >= 4 is 44.0 Å². The Morgan fingerprint density at radius 1 is 1.15 bits per heavy atom. The van der Waals surface area contributed by atoms with Crippen molar-refractivity contribution in [3.8, 4) is 0 Å². The first-order valence-corrected chi connectivity index (χ1v) is 9.91. The fourth-order valence-electron chi connectivity index (χ4n) is 1.88. The molecule has 0 saturated carbocycles. The molecular weight excluding hydrogens is 398 g/mol. The van der Waals surface area contributed by atoms with Crippen LogP contribution in [-0.2, 0) is 16.6 Å². The van der Waals surface area contributed by atoms with Gasteiger partial charge in [0.25, 0.3) is 15.9 Å². The van der Waals surface area contributed by atoms with Gasteiger partial charge < -0.3 is 0 Å². The molecule has 0 bridgehead atoms. The fraction of sp³-hybridized carbons (Fsp3) is 0.0667. The molecule has 26 heavy (non-hydrogen) atoms. The van der Waals surface area contributed by atoms with Gasteiger partial charge in [-0.05, 0) is 35.9 Å². The average Bonchev–Trinajstić information content (AvgIpc) is 3.11. The summed E-state index contributed by atoms with van der Waals surface area (Å²) in [5, 5.41) is 10.4. The maximum Gasteiger partial charge on any atom is 0.270 e. The average molecular weight is 410 g/mol. The Balaban J connectivity index is 1.66. The maximum atomic E-state index is 12.3. The predicted octanol–water partition coefficient (Wildman–Crippen LogP) is 2.32. The van der Waals surface area contributed by atoms with Gasteiger partial charge in [-0.1, -0.05) is 29.0 Å². The highest BCUT2D eigenvalue weighted by atomic mass is 35.5. The van der Waals surface area contributed by atoms with Gasteiger partial charge in [-0.3, -0.25) is 15.1 Å². The van der Waals surface area contributed by atoms with Crippen LogP contribution in [0.1, 0.15) is 15.9 Å². The normalized spacial score (nSPS) is 11.3. The van der Waals surface area contributed by atoms with E-state index in [1.54, 1.807) is 48.8 Å². The van der Waals surface area contributed by atoms with E-state index in [2.05, 4.69) is 25.2 Å². The van der Waals surface area contributed by atoms with E-state index in [-0.39, 0.29) is 16.0 Å². The summed E-state index contributed by atoms with van der Waals surface area (Å²) in [6.07, 6.45) is 3.15. The van der Waals surface area contributed by atoms with Crippen LogP contribution >= 0.6 is 22.9 Å². The summed E-state index contributed by atoms with van der Waals surface area (Å²) in [6.45, 7) is 0.0716. The molecule has 0 fully saturated rings. The van der Waals surface area contributed by atoms with Crippen LogP contribution in [0.4, 0.5) is 5.13 Å². The minimum atomic E-state index is -3.85. The zero-order valence-corrected chi connectivity index (χ0v) is 15.5. The minimum absolute atomic E-state index is 0.0716. The molecule has 0 aliphatic heterocycles. The molecule has 2 heterocycles. The monoisotopic (exact) mass is 409 g/mol. The van der Waals surface area contributed by atoms with Crippen molar-refractivity contribution in [2.45, 2.75) is 10.9 Å². The smallest absolute Gasteiger partial charge is 0.270 e. The number of carbonyl (C=O) groups excluding carboxylic acids is 1. The second kappa shape index (κ2) is 7.87. The van der Waals surface area contributed by atoms with E-state index in [9.17, 15) is 13.2 Å². The summed E-state index contributed by atoms with van der Waals surface area (Å²) >= 11 is 6.53. The molecule has 134 valence electrons. The predicted molar refractivity (Wildman–Crippen MR) is 97.6 cm³/mol. The standard InChI is InChI=1S/C15H12ClN5O3S2/c16-12-5-3-11(4-6-12)13(22)19-14-20-21-15(25-14)26(23,24)18-9-10-2-1-7-17-8-10/h1-8,18H,9H2,(H,19,20,22). The van der Waals surface area contributed by atoms with Crippen molar-refractivity contribution in [1.82, 2.24) is 19.9 Å². The van der Waals surface area contributed by atoms with Crippen molar-refractivity contribution in [2.75, 3.05) is 5.32 Å². The number of anilines is 1. The number of rotatable bonds is 6. The van der Waals surface area contributed by atoms with Crippen molar-refractivity contribution < 1.29 is 13.2 Å². The van der Waals surface area contributed by atoms with E-state index in [4.69, 9.17) is 11.6 Å². The number of halogens is 1. The van der Waals surface area contributed by atoms with Crippen LogP contribution in [0.25, 0.3) is 0 Å². The number of amides is 1. The van der Waals surface area contributed by atoms with E-state index >= 15 is 0 Å². The molecular formula is C15H12ClN5O3S2. The molecule has 2 N–H and O–H groups in total. The van der Waals surface area contributed by atoms with Gasteiger partial charge in [-0.25, -0.2) is 13.1 Å². The molecule has 3 aromatic rings. The van der Waals surface area contributed by atoms with Crippen LogP contribution in [0.15, 0.2) is 53.1 Å². The van der Waals surface area contributed by atoms with Crippen LogP contribution in [-0.4, -0.2) is 29.5 Å². The number of aromatic nitrogens is 3. The summed E-state index contributed by atoms with van der Waals surface area (Å²) in [5.41, 5.74) is 1.07. The summed E-state index contributed by atoms with van der Waals surface area (Å²) in [5.74, 6) is -0.440. The largest absolute Gasteiger partial charge is 0.296 e. The topological polar surface area (TPSA) is 114 Å². The molecule has 0 aliphatic carbocycles. The molecule has 1 amide bonds. The van der Waals surface area contributed by atoms with Gasteiger partial charge in [0.2, 0.25) is 9.47 Å². The van der Waals surface area contributed by atoms with Crippen LogP contribution in [0, 0.1) is 0 Å². The molecule has 0 atom stereocenters. The number of nitrogens with one attached hydrogen (secondary N) is 2. The van der Waals surface area contributed by atoms with Crippen LogP contribution in [0.5, 0.6) is 0 Å². The molecule has 0 unspecified atom stereocenters. The van der Waals surface area contributed by atoms with E-state index < -0.39 is 15.9 Å². The lowest BCUT2D eigenvalue weighted by molar-refractivity contribution is 0.102. The first kappa shape index (κ1) is 18.4. The number of hydrogen-bond donors (Lipinski definition) is 2. The Morgan fingerprint density at radius 2 is 1.92 bits per heavy atom. The number of hydrogen-bond acceptors (Lipinski definition) is 7. The van der Waals surface area contributed by atoms with Gasteiger partial charge in [0.1, 0.15) is 0 Å². The lowest BCUT2D eigenvalue weighted by Gasteiger charge is -2.03. The fourth-order valence-corrected chi connectivity index (χ4v) is 3.96. The minimum Gasteiger partial charge on any atom is -0.296 e. The summed E-state index contributed by atoms with van der Waals surface area (Å²) in [7, 11) is -3.85. The number of nitrogens with zero attached hydrogens (tertiary/aromatic N) is 3. The van der Waals surface area contributed by atoms with Crippen molar-refractivity contribution in [3.05, 3.63) is 64.9 Å². The van der Waals surface area contributed by atoms with Gasteiger partial charge >= 0.3 is 0 Å². The van der Waals surface area contributed by atoms with Gasteiger partial charge in [0, 0.05) is 29.5 Å². The third-order valence-corrected chi connectivity index (χ3v) is 6.01. The number of sulfonamides is 1. The zero-order chi connectivity index (χ0) is 18.6. The quantitative estimate of drug-likeness (QED) is 0.604. The third kappa shape index (κ3) is 4.61. The van der Waals surface area contributed by atoms with Crippen molar-refractivity contribution in [1.29, 1.82) is 0 Å². The van der Waals surface area contributed by atoms with Gasteiger partial charge in [-0.15, -0.1) is 10.2 Å². The first-order chi connectivity index (χ1) is 12.4. The third-order valence-electron chi connectivity index (χ3n) is 3.15. The van der Waals surface area contributed by atoms with Crippen LogP contribution < -0.4 is 10.0 Å². The second-order valence-corrected chi connectivity index (χ2v) is 8.37. The molecule has 1 aromatic carbocycles. The van der Waals surface area contributed by atoms with Crippen molar-refractivity contribution in [2.24, 2.45) is 0 Å². The Labute approximate surface area is 158 Å². The van der Waals surface area contributed by atoms with E-state index in [1.165, 1.54) is 0 Å². The number of carbonyl (C=O) groups is 1. The van der Waals surface area contributed by atoms with Gasteiger partial charge in [0.05, 0.1) is 0 Å². The highest BCUT2D eigenvalue weighted by Crippen LogP contribution is 2.21. The Kier molecular flexibility index (Phi) is 5.57. The number of benzene rings is 1. The molecule has 8 nitrogen and oxygen atoms in total. The second-order valence-electron chi connectivity index (χ2n) is 5.02.